The van der Waals surface area contributed by atoms with E-state index in [1.807, 2.05) is 36.4 Å². The minimum absolute atomic E-state index is 0.0252. The second kappa shape index (κ2) is 9.98. The first-order valence-corrected chi connectivity index (χ1v) is 11.1. The summed E-state index contributed by atoms with van der Waals surface area (Å²) in [5, 5.41) is 5.09. The molecule has 0 saturated heterocycles. The highest BCUT2D eigenvalue weighted by atomic mass is 16.5. The van der Waals surface area contributed by atoms with E-state index >= 15 is 0 Å². The number of amides is 1. The van der Waals surface area contributed by atoms with E-state index in [1.54, 1.807) is 34.6 Å². The summed E-state index contributed by atoms with van der Waals surface area (Å²) in [6, 6.07) is 10.9. The van der Waals surface area contributed by atoms with Gasteiger partial charge in [-0.25, -0.2) is 0 Å². The second-order valence-corrected chi connectivity index (χ2v) is 8.16. The topological polar surface area (TPSA) is 78.9 Å². The van der Waals surface area contributed by atoms with Gasteiger partial charge in [0, 0.05) is 17.5 Å². The molecule has 1 heterocycles. The number of benzene rings is 2. The maximum Gasteiger partial charge on any atom is 0.223 e. The lowest BCUT2D eigenvalue weighted by Crippen LogP contribution is -2.34. The van der Waals surface area contributed by atoms with E-state index in [1.165, 1.54) is 0 Å². The number of hydrogen-bond acceptors (Lipinski definition) is 6. The number of pyridine rings is 1. The fourth-order valence-electron chi connectivity index (χ4n) is 4.54. The molecule has 33 heavy (non-hydrogen) atoms. The van der Waals surface area contributed by atoms with E-state index in [-0.39, 0.29) is 11.8 Å². The Morgan fingerprint density at radius 3 is 2.18 bits per heavy atom. The predicted octanol–water partition coefficient (Wildman–Crippen LogP) is 4.67. The molecule has 1 aliphatic rings. The second-order valence-electron chi connectivity index (χ2n) is 8.16. The van der Waals surface area contributed by atoms with Crippen molar-refractivity contribution >= 4 is 16.7 Å². The van der Waals surface area contributed by atoms with Crippen molar-refractivity contribution in [1.29, 1.82) is 0 Å². The van der Waals surface area contributed by atoms with Crippen molar-refractivity contribution in [2.24, 2.45) is 5.92 Å². The molecule has 1 aromatic heterocycles. The van der Waals surface area contributed by atoms with E-state index < -0.39 is 6.04 Å². The molecule has 0 bridgehead atoms. The van der Waals surface area contributed by atoms with Gasteiger partial charge in [-0.05, 0) is 54.1 Å². The predicted molar refractivity (Wildman–Crippen MR) is 126 cm³/mol. The molecule has 1 N–H and O–H groups in total. The van der Waals surface area contributed by atoms with Crippen LogP contribution in [0.4, 0.5) is 0 Å². The van der Waals surface area contributed by atoms with Crippen LogP contribution in [0.15, 0.2) is 42.6 Å². The maximum absolute atomic E-state index is 13.2. The molecule has 2 aromatic carbocycles. The molecular formula is C26H30N2O5. The summed E-state index contributed by atoms with van der Waals surface area (Å²) in [4.78, 5) is 17.9. The molecular weight excluding hydrogens is 420 g/mol. The fourth-order valence-corrected chi connectivity index (χ4v) is 4.54. The van der Waals surface area contributed by atoms with E-state index in [0.717, 1.165) is 47.7 Å². The number of ether oxygens (including phenoxy) is 4. The van der Waals surface area contributed by atoms with Crippen molar-refractivity contribution in [1.82, 2.24) is 10.3 Å². The number of rotatable bonds is 8. The molecule has 174 valence electrons. The van der Waals surface area contributed by atoms with Crippen molar-refractivity contribution < 1.29 is 23.7 Å². The molecule has 0 spiro atoms. The quantitative estimate of drug-likeness (QED) is 0.538. The van der Waals surface area contributed by atoms with E-state index in [4.69, 9.17) is 23.9 Å². The lowest BCUT2D eigenvalue weighted by molar-refractivity contribution is -0.125. The number of aromatic nitrogens is 1. The molecule has 7 nitrogen and oxygen atoms in total. The molecule has 1 atom stereocenters. The number of nitrogens with zero attached hydrogens (tertiary/aromatic N) is 1. The zero-order valence-electron chi connectivity index (χ0n) is 19.5. The van der Waals surface area contributed by atoms with Gasteiger partial charge in [0.05, 0.1) is 40.2 Å². The van der Waals surface area contributed by atoms with Crippen molar-refractivity contribution in [3.05, 3.63) is 53.9 Å². The van der Waals surface area contributed by atoms with Crippen LogP contribution >= 0.6 is 0 Å². The average Bonchev–Trinajstić information content (AvgIpc) is 3.41. The van der Waals surface area contributed by atoms with Crippen LogP contribution in [-0.4, -0.2) is 39.3 Å². The zero-order valence-corrected chi connectivity index (χ0v) is 19.5. The standard InChI is InChI=1S/C26H30N2O5/c1-30-20-10-9-18(14-21(20)31-2)24(28-26(29)16-7-5-6-8-16)25-19-15-23(33-4)22(32-3)13-17(19)11-12-27-25/h9-16,24H,5-8H2,1-4H3,(H,28,29)/t24-/m1/s1. The normalized spacial score (nSPS) is 14.7. The van der Waals surface area contributed by atoms with Gasteiger partial charge in [0.2, 0.25) is 5.91 Å². The average molecular weight is 451 g/mol. The van der Waals surface area contributed by atoms with Crippen molar-refractivity contribution in [3.8, 4) is 23.0 Å². The van der Waals surface area contributed by atoms with Crippen molar-refractivity contribution in [2.75, 3.05) is 28.4 Å². The number of carbonyl (C=O) groups excluding carboxylic acids is 1. The Morgan fingerprint density at radius 1 is 0.879 bits per heavy atom. The van der Waals surface area contributed by atoms with Crippen LogP contribution in [-0.2, 0) is 4.79 Å². The van der Waals surface area contributed by atoms with Gasteiger partial charge in [-0.2, -0.15) is 0 Å². The van der Waals surface area contributed by atoms with Crippen LogP contribution in [0.1, 0.15) is 43.0 Å². The third-order valence-corrected chi connectivity index (χ3v) is 6.33. The van der Waals surface area contributed by atoms with E-state index in [2.05, 4.69) is 5.32 Å². The number of hydrogen-bond donors (Lipinski definition) is 1. The molecule has 1 aliphatic carbocycles. The lowest BCUT2D eigenvalue weighted by atomic mass is 9.96. The first-order valence-electron chi connectivity index (χ1n) is 11.1. The van der Waals surface area contributed by atoms with Crippen LogP contribution < -0.4 is 24.3 Å². The monoisotopic (exact) mass is 450 g/mol. The Labute approximate surface area is 194 Å². The Morgan fingerprint density at radius 2 is 1.52 bits per heavy atom. The molecule has 1 saturated carbocycles. The smallest absolute Gasteiger partial charge is 0.223 e. The highest BCUT2D eigenvalue weighted by Gasteiger charge is 2.28. The van der Waals surface area contributed by atoms with Crippen molar-refractivity contribution in [2.45, 2.75) is 31.7 Å². The first-order chi connectivity index (χ1) is 16.1. The van der Waals surface area contributed by atoms with Crippen molar-refractivity contribution in [3.63, 3.8) is 0 Å². The summed E-state index contributed by atoms with van der Waals surface area (Å²) in [6.45, 7) is 0. The van der Waals surface area contributed by atoms with Gasteiger partial charge in [0.25, 0.3) is 0 Å². The molecule has 0 aliphatic heterocycles. The molecule has 1 fully saturated rings. The Bertz CT molecular complexity index is 1140. The van der Waals surface area contributed by atoms with Crippen LogP contribution in [0.5, 0.6) is 23.0 Å². The van der Waals surface area contributed by atoms with Gasteiger partial charge in [-0.3, -0.25) is 9.78 Å². The summed E-state index contributed by atoms with van der Waals surface area (Å²) in [5.41, 5.74) is 1.58. The van der Waals surface area contributed by atoms with E-state index in [9.17, 15) is 4.79 Å². The van der Waals surface area contributed by atoms with Crippen LogP contribution in [0.2, 0.25) is 0 Å². The third-order valence-electron chi connectivity index (χ3n) is 6.33. The van der Waals surface area contributed by atoms with E-state index in [0.29, 0.717) is 23.0 Å². The van der Waals surface area contributed by atoms with Gasteiger partial charge in [0.15, 0.2) is 23.0 Å². The first kappa shape index (κ1) is 22.7. The molecule has 1 amide bonds. The van der Waals surface area contributed by atoms with Gasteiger partial charge < -0.3 is 24.3 Å². The molecule has 0 unspecified atom stereocenters. The summed E-state index contributed by atoms with van der Waals surface area (Å²) in [5.74, 6) is 2.53. The Kier molecular flexibility index (Phi) is 6.87. The molecule has 4 rings (SSSR count). The number of fused-ring (bicyclic) bond motifs is 1. The van der Waals surface area contributed by atoms with Crippen LogP contribution in [0.25, 0.3) is 10.8 Å². The third kappa shape index (κ3) is 4.53. The van der Waals surface area contributed by atoms with Crippen LogP contribution in [0, 0.1) is 5.92 Å². The summed E-state index contributed by atoms with van der Waals surface area (Å²) >= 11 is 0. The van der Waals surface area contributed by atoms with Gasteiger partial charge in [-0.15, -0.1) is 0 Å². The minimum Gasteiger partial charge on any atom is -0.493 e. The molecule has 3 aromatic rings. The van der Waals surface area contributed by atoms with Gasteiger partial charge in [-0.1, -0.05) is 18.9 Å². The SMILES string of the molecule is COc1ccc([C@@H](NC(=O)C2CCCC2)c2nccc3cc(OC)c(OC)cc23)cc1OC. The Balaban J connectivity index is 1.85. The van der Waals surface area contributed by atoms with Gasteiger partial charge >= 0.3 is 0 Å². The molecule has 7 heteroatoms. The summed E-state index contributed by atoms with van der Waals surface area (Å²) < 4.78 is 21.9. The zero-order chi connectivity index (χ0) is 23.4. The molecule has 0 radical (unpaired) electrons. The summed E-state index contributed by atoms with van der Waals surface area (Å²) in [7, 11) is 6.41. The maximum atomic E-state index is 13.2. The Hall–Kier alpha value is -3.48. The number of methoxy groups -OCH3 is 4. The highest BCUT2D eigenvalue weighted by Crippen LogP contribution is 2.38. The summed E-state index contributed by atoms with van der Waals surface area (Å²) in [6.07, 6.45) is 5.75. The largest absolute Gasteiger partial charge is 0.493 e. The van der Waals surface area contributed by atoms with Gasteiger partial charge in [0.1, 0.15) is 0 Å². The number of carbonyl (C=O) groups is 1. The van der Waals surface area contributed by atoms with Crippen LogP contribution in [0.3, 0.4) is 0 Å². The number of nitrogens with one attached hydrogen (secondary N) is 1. The minimum atomic E-state index is -0.472. The lowest BCUT2D eigenvalue weighted by Gasteiger charge is -2.23. The fraction of sp³-hybridized carbons (Fsp3) is 0.385. The highest BCUT2D eigenvalue weighted by molar-refractivity contribution is 5.89.